The highest BCUT2D eigenvalue weighted by Gasteiger charge is 2.29. The number of halogens is 1. The summed E-state index contributed by atoms with van der Waals surface area (Å²) in [6, 6.07) is 0. The van der Waals surface area contributed by atoms with Crippen LogP contribution in [-0.2, 0) is 9.53 Å². The predicted molar refractivity (Wildman–Crippen MR) is 70.7 cm³/mol. The number of rotatable bonds is 4. The first-order chi connectivity index (χ1) is 8.86. The van der Waals surface area contributed by atoms with E-state index >= 15 is 0 Å². The van der Waals surface area contributed by atoms with Crippen molar-refractivity contribution in [2.45, 2.75) is 26.9 Å². The van der Waals surface area contributed by atoms with Gasteiger partial charge in [-0.25, -0.2) is 4.79 Å². The molecule has 1 rings (SSSR count). The van der Waals surface area contributed by atoms with E-state index in [-0.39, 0.29) is 23.7 Å². The molecule has 2 N–H and O–H groups in total. The van der Waals surface area contributed by atoms with Gasteiger partial charge >= 0.3 is 5.97 Å². The number of ether oxygens (including phenoxy) is 2. The molecule has 0 aliphatic carbocycles. The van der Waals surface area contributed by atoms with Gasteiger partial charge in [-0.1, -0.05) is 11.6 Å². The molecule has 0 heterocycles. The zero-order chi connectivity index (χ0) is 14.7. The Morgan fingerprint density at radius 3 is 2.42 bits per heavy atom. The van der Waals surface area contributed by atoms with Gasteiger partial charge in [0.15, 0.2) is 17.6 Å². The minimum atomic E-state index is -1.60. The lowest BCUT2D eigenvalue weighted by atomic mass is 9.98. The molecule has 1 aromatic carbocycles. The lowest BCUT2D eigenvalue weighted by Gasteiger charge is -2.19. The van der Waals surface area contributed by atoms with Crippen molar-refractivity contribution in [3.05, 3.63) is 21.7 Å². The largest absolute Gasteiger partial charge is 0.504 e. The van der Waals surface area contributed by atoms with E-state index in [1.54, 1.807) is 20.8 Å². The number of phenolic OH excluding ortho intramolecular Hbond substituents is 1. The third-order valence-corrected chi connectivity index (χ3v) is 3.43. The number of carbonyl (C=O) groups is 1. The van der Waals surface area contributed by atoms with Crippen molar-refractivity contribution in [1.29, 1.82) is 0 Å². The molecule has 1 unspecified atom stereocenters. The van der Waals surface area contributed by atoms with Gasteiger partial charge in [0.1, 0.15) is 0 Å². The van der Waals surface area contributed by atoms with Gasteiger partial charge in [-0.2, -0.15) is 0 Å². The van der Waals surface area contributed by atoms with Crippen LogP contribution in [0, 0.1) is 13.8 Å². The summed E-state index contributed by atoms with van der Waals surface area (Å²) in [5.74, 6) is -1.01. The van der Waals surface area contributed by atoms with E-state index in [9.17, 15) is 15.0 Å². The quantitative estimate of drug-likeness (QED) is 0.831. The van der Waals surface area contributed by atoms with Crippen molar-refractivity contribution in [2.75, 3.05) is 13.7 Å². The fourth-order valence-electron chi connectivity index (χ4n) is 1.90. The van der Waals surface area contributed by atoms with Crippen molar-refractivity contribution < 1.29 is 24.5 Å². The Morgan fingerprint density at radius 1 is 1.37 bits per heavy atom. The Bertz CT molecular complexity index is 499. The van der Waals surface area contributed by atoms with Crippen LogP contribution in [0.3, 0.4) is 0 Å². The highest BCUT2D eigenvalue weighted by atomic mass is 35.5. The molecule has 106 valence electrons. The summed E-state index contributed by atoms with van der Waals surface area (Å²) in [7, 11) is 1.37. The molecule has 0 amide bonds. The summed E-state index contributed by atoms with van der Waals surface area (Å²) in [6.07, 6.45) is -1.60. The first-order valence-corrected chi connectivity index (χ1v) is 6.14. The average molecular weight is 289 g/mol. The number of hydrogen-bond donors (Lipinski definition) is 2. The number of esters is 1. The topological polar surface area (TPSA) is 76.0 Å². The molecule has 0 radical (unpaired) electrons. The fraction of sp³-hybridized carbons (Fsp3) is 0.462. The summed E-state index contributed by atoms with van der Waals surface area (Å²) in [4.78, 5) is 11.6. The Labute approximate surface area is 116 Å². The molecule has 0 saturated carbocycles. The van der Waals surface area contributed by atoms with E-state index < -0.39 is 12.1 Å². The molecule has 0 spiro atoms. The number of aliphatic hydroxyl groups excluding tert-OH is 1. The fourth-order valence-corrected chi connectivity index (χ4v) is 2.09. The zero-order valence-electron chi connectivity index (χ0n) is 11.3. The zero-order valence-corrected chi connectivity index (χ0v) is 12.0. The molecule has 0 aliphatic rings. The van der Waals surface area contributed by atoms with Crippen LogP contribution in [0.4, 0.5) is 0 Å². The third kappa shape index (κ3) is 2.77. The lowest BCUT2D eigenvalue weighted by Crippen LogP contribution is -2.17. The van der Waals surface area contributed by atoms with Crippen molar-refractivity contribution in [1.82, 2.24) is 0 Å². The van der Waals surface area contributed by atoms with E-state index in [1.165, 1.54) is 7.11 Å². The summed E-state index contributed by atoms with van der Waals surface area (Å²) >= 11 is 6.11. The predicted octanol–water partition coefficient (Wildman–Crippen LogP) is 2.27. The van der Waals surface area contributed by atoms with E-state index in [0.717, 1.165) is 0 Å². The second kappa shape index (κ2) is 6.12. The van der Waals surface area contributed by atoms with Crippen LogP contribution in [0.5, 0.6) is 11.5 Å². The number of hydrogen-bond acceptors (Lipinski definition) is 5. The number of benzene rings is 1. The molecule has 1 atom stereocenters. The number of carbonyl (C=O) groups excluding carboxylic acids is 1. The number of phenols is 1. The molecular weight excluding hydrogens is 272 g/mol. The number of methoxy groups -OCH3 is 1. The molecule has 19 heavy (non-hydrogen) atoms. The molecule has 0 fully saturated rings. The molecule has 0 saturated heterocycles. The van der Waals surface area contributed by atoms with Crippen LogP contribution in [0.1, 0.15) is 29.7 Å². The number of aromatic hydroxyl groups is 1. The van der Waals surface area contributed by atoms with E-state index in [0.29, 0.717) is 16.1 Å². The molecule has 0 aliphatic heterocycles. The minimum absolute atomic E-state index is 0.00546. The Kier molecular flexibility index (Phi) is 5.03. The van der Waals surface area contributed by atoms with Crippen LogP contribution in [0.15, 0.2) is 0 Å². The molecule has 0 aromatic heterocycles. The molecule has 6 heteroatoms. The van der Waals surface area contributed by atoms with Gasteiger partial charge in [0.2, 0.25) is 0 Å². The van der Waals surface area contributed by atoms with Gasteiger partial charge < -0.3 is 19.7 Å². The maximum Gasteiger partial charge on any atom is 0.339 e. The van der Waals surface area contributed by atoms with E-state index in [4.69, 9.17) is 21.1 Å². The van der Waals surface area contributed by atoms with Gasteiger partial charge in [-0.3, -0.25) is 0 Å². The minimum Gasteiger partial charge on any atom is -0.504 e. The van der Waals surface area contributed by atoms with Crippen molar-refractivity contribution in [3.63, 3.8) is 0 Å². The van der Waals surface area contributed by atoms with Gasteiger partial charge in [0.25, 0.3) is 0 Å². The summed E-state index contributed by atoms with van der Waals surface area (Å²) < 4.78 is 9.77. The highest BCUT2D eigenvalue weighted by Crippen LogP contribution is 2.43. The summed E-state index contributed by atoms with van der Waals surface area (Å²) in [6.45, 7) is 5.03. The van der Waals surface area contributed by atoms with Crippen molar-refractivity contribution >= 4 is 17.6 Å². The average Bonchev–Trinajstić information content (AvgIpc) is 2.37. The monoisotopic (exact) mass is 288 g/mol. The van der Waals surface area contributed by atoms with Crippen LogP contribution in [0.25, 0.3) is 0 Å². The summed E-state index contributed by atoms with van der Waals surface area (Å²) in [5, 5.41) is 20.4. The van der Waals surface area contributed by atoms with E-state index in [2.05, 4.69) is 0 Å². The summed E-state index contributed by atoms with van der Waals surface area (Å²) in [5.41, 5.74) is 0.961. The third-order valence-electron chi connectivity index (χ3n) is 2.86. The molecule has 0 bridgehead atoms. The number of aliphatic hydroxyl groups is 1. The maximum atomic E-state index is 11.6. The van der Waals surface area contributed by atoms with Crippen LogP contribution < -0.4 is 4.74 Å². The first-order valence-electron chi connectivity index (χ1n) is 5.76. The van der Waals surface area contributed by atoms with Crippen LogP contribution in [0.2, 0.25) is 5.02 Å². The second-order valence-electron chi connectivity index (χ2n) is 4.01. The van der Waals surface area contributed by atoms with Gasteiger partial charge in [-0.15, -0.1) is 0 Å². The van der Waals surface area contributed by atoms with Crippen molar-refractivity contribution in [2.24, 2.45) is 0 Å². The smallest absolute Gasteiger partial charge is 0.339 e. The SMILES string of the molecule is CCOC(=O)C(O)c1c(C)c(Cl)c(C)c(OC)c1O. The van der Waals surface area contributed by atoms with Gasteiger partial charge in [0, 0.05) is 11.1 Å². The first kappa shape index (κ1) is 15.6. The van der Waals surface area contributed by atoms with Crippen LogP contribution in [-0.4, -0.2) is 29.9 Å². The van der Waals surface area contributed by atoms with Crippen molar-refractivity contribution in [3.8, 4) is 11.5 Å². The van der Waals surface area contributed by atoms with Gasteiger partial charge in [0.05, 0.1) is 18.7 Å². The van der Waals surface area contributed by atoms with Gasteiger partial charge in [-0.05, 0) is 26.3 Å². The molecule has 1 aromatic rings. The Morgan fingerprint density at radius 2 is 1.95 bits per heavy atom. The Balaban J connectivity index is 3.43. The standard InChI is InChI=1S/C13H17ClO5/c1-5-19-13(17)11(16)8-6(2)9(14)7(3)12(18-4)10(8)15/h11,15-16H,5H2,1-4H3. The van der Waals surface area contributed by atoms with Crippen LogP contribution >= 0.6 is 11.6 Å². The normalized spacial score (nSPS) is 12.1. The lowest BCUT2D eigenvalue weighted by molar-refractivity contribution is -0.153. The van der Waals surface area contributed by atoms with E-state index in [1.807, 2.05) is 0 Å². The molecule has 5 nitrogen and oxygen atoms in total. The highest BCUT2D eigenvalue weighted by molar-refractivity contribution is 6.32. The molecular formula is C13H17ClO5. The Hall–Kier alpha value is -1.46. The second-order valence-corrected chi connectivity index (χ2v) is 4.39. The maximum absolute atomic E-state index is 11.6.